The van der Waals surface area contributed by atoms with Crippen LogP contribution in [0, 0.1) is 13.8 Å². The molecule has 0 saturated carbocycles. The van der Waals surface area contributed by atoms with Crippen LogP contribution in [0.1, 0.15) is 52.0 Å². The molecule has 0 fully saturated rings. The van der Waals surface area contributed by atoms with E-state index in [0.717, 1.165) is 51.9 Å². The Morgan fingerprint density at radius 2 is 1.96 bits per heavy atom. The van der Waals surface area contributed by atoms with Gasteiger partial charge in [-0.3, -0.25) is 9.48 Å². The van der Waals surface area contributed by atoms with Crippen molar-refractivity contribution < 1.29 is 27.8 Å². The average molecular weight is 396 g/mol. The van der Waals surface area contributed by atoms with E-state index >= 15 is 0 Å². The fourth-order valence-electron chi connectivity index (χ4n) is 4.14. The maximum atomic E-state index is 13.8. The monoisotopic (exact) mass is 396 g/mol. The third-order valence-corrected chi connectivity index (χ3v) is 5.26. The number of hydrogen-bond donors (Lipinski definition) is 1. The van der Waals surface area contributed by atoms with Crippen molar-refractivity contribution in [3.8, 4) is 5.75 Å². The molecule has 0 atom stereocenters. The number of halogens is 3. The molecule has 1 aromatic carbocycles. The molecule has 0 aliphatic heterocycles. The van der Waals surface area contributed by atoms with E-state index < -0.39 is 24.3 Å². The van der Waals surface area contributed by atoms with E-state index in [2.05, 4.69) is 5.10 Å². The Morgan fingerprint density at radius 1 is 1.29 bits per heavy atom. The number of alkyl halides is 3. The Morgan fingerprint density at radius 3 is 2.57 bits per heavy atom. The first-order valence-electron chi connectivity index (χ1n) is 9.17. The van der Waals surface area contributed by atoms with Crippen LogP contribution < -0.4 is 4.74 Å². The van der Waals surface area contributed by atoms with Gasteiger partial charge in [0.05, 0.1) is 25.8 Å². The lowest BCUT2D eigenvalue weighted by Gasteiger charge is -2.17. The number of carboxylic acid groups (broad SMARTS) is 1. The topological polar surface area (TPSA) is 64.4 Å². The van der Waals surface area contributed by atoms with Crippen molar-refractivity contribution in [3.63, 3.8) is 0 Å². The van der Waals surface area contributed by atoms with Gasteiger partial charge in [0, 0.05) is 12.0 Å². The summed E-state index contributed by atoms with van der Waals surface area (Å²) in [6.07, 6.45) is -2.29. The lowest BCUT2D eigenvalue weighted by atomic mass is 9.93. The Balaban J connectivity index is 2.07. The predicted octanol–water partition coefficient (Wildman–Crippen LogP) is 4.08. The largest absolute Gasteiger partial charge is 0.496 e. The summed E-state index contributed by atoms with van der Waals surface area (Å²) in [4.78, 5) is 10.8. The van der Waals surface area contributed by atoms with Crippen LogP contribution in [0.5, 0.6) is 5.75 Å². The second-order valence-electron chi connectivity index (χ2n) is 7.15. The standard InChI is InChI=1S/C20H23F3N2O3/c1-11-9-13(14-5-4-6-15(14)18(11)28-3)10-16-12(2)24-25(8-7-17(26)27)19(16)20(21,22)23/h9H,4-8,10H2,1-3H3,(H,26,27). The lowest BCUT2D eigenvalue weighted by molar-refractivity contribution is -0.146. The molecule has 5 nitrogen and oxygen atoms in total. The van der Waals surface area contributed by atoms with Gasteiger partial charge < -0.3 is 9.84 Å². The minimum Gasteiger partial charge on any atom is -0.496 e. The zero-order valence-electron chi connectivity index (χ0n) is 16.1. The van der Waals surface area contributed by atoms with E-state index in [1.165, 1.54) is 0 Å². The molecule has 1 N–H and O–H groups in total. The number of aryl methyl sites for hydroxylation is 3. The van der Waals surface area contributed by atoms with Gasteiger partial charge in [0.2, 0.25) is 0 Å². The molecule has 1 heterocycles. The number of benzene rings is 1. The quantitative estimate of drug-likeness (QED) is 0.799. The van der Waals surface area contributed by atoms with E-state index in [-0.39, 0.29) is 24.2 Å². The number of fused-ring (bicyclic) bond motifs is 1. The Kier molecular flexibility index (Phi) is 5.41. The molecule has 0 saturated heterocycles. The van der Waals surface area contributed by atoms with E-state index in [1.54, 1.807) is 14.0 Å². The molecule has 0 bridgehead atoms. The van der Waals surface area contributed by atoms with Crippen molar-refractivity contribution in [2.24, 2.45) is 0 Å². The van der Waals surface area contributed by atoms with E-state index in [1.807, 2.05) is 13.0 Å². The maximum absolute atomic E-state index is 13.8. The zero-order chi connectivity index (χ0) is 20.6. The summed E-state index contributed by atoms with van der Waals surface area (Å²) in [6.45, 7) is 3.12. The summed E-state index contributed by atoms with van der Waals surface area (Å²) in [5, 5.41) is 12.8. The highest BCUT2D eigenvalue weighted by molar-refractivity contribution is 5.66. The summed E-state index contributed by atoms with van der Waals surface area (Å²) < 4.78 is 47.7. The van der Waals surface area contributed by atoms with Gasteiger partial charge in [-0.15, -0.1) is 0 Å². The lowest BCUT2D eigenvalue weighted by Crippen LogP contribution is -2.18. The number of hydrogen-bond acceptors (Lipinski definition) is 3. The van der Waals surface area contributed by atoms with Crippen LogP contribution in [-0.4, -0.2) is 28.0 Å². The summed E-state index contributed by atoms with van der Waals surface area (Å²) >= 11 is 0. The van der Waals surface area contributed by atoms with Gasteiger partial charge in [0.25, 0.3) is 0 Å². The predicted molar refractivity (Wildman–Crippen MR) is 96.8 cm³/mol. The van der Waals surface area contributed by atoms with Gasteiger partial charge in [0.1, 0.15) is 11.4 Å². The van der Waals surface area contributed by atoms with Crippen LogP contribution >= 0.6 is 0 Å². The summed E-state index contributed by atoms with van der Waals surface area (Å²) in [5.74, 6) is -0.340. The molecule has 0 amide bonds. The van der Waals surface area contributed by atoms with Crippen molar-refractivity contribution in [2.45, 2.75) is 58.7 Å². The van der Waals surface area contributed by atoms with Crippen LogP contribution in [0.2, 0.25) is 0 Å². The number of rotatable bonds is 6. The fourth-order valence-corrected chi connectivity index (χ4v) is 4.14. The first-order valence-corrected chi connectivity index (χ1v) is 9.17. The number of aliphatic carboxylic acids is 1. The first kappa shape index (κ1) is 20.2. The van der Waals surface area contributed by atoms with Crippen LogP contribution in [0.3, 0.4) is 0 Å². The number of carboxylic acids is 1. The highest BCUT2D eigenvalue weighted by atomic mass is 19.4. The van der Waals surface area contributed by atoms with Crippen molar-refractivity contribution in [1.82, 2.24) is 9.78 Å². The number of nitrogens with zero attached hydrogens (tertiary/aromatic N) is 2. The highest BCUT2D eigenvalue weighted by Crippen LogP contribution is 2.39. The van der Waals surface area contributed by atoms with Gasteiger partial charge in [-0.2, -0.15) is 18.3 Å². The van der Waals surface area contributed by atoms with E-state index in [9.17, 15) is 18.0 Å². The molecule has 0 radical (unpaired) electrons. The molecule has 1 aliphatic carbocycles. The Labute approximate surface area is 161 Å². The second kappa shape index (κ2) is 7.48. The molecular formula is C20H23F3N2O3. The summed E-state index contributed by atoms with van der Waals surface area (Å²) in [7, 11) is 1.61. The smallest absolute Gasteiger partial charge is 0.433 e. The van der Waals surface area contributed by atoms with Gasteiger partial charge in [-0.05, 0) is 55.4 Å². The highest BCUT2D eigenvalue weighted by Gasteiger charge is 2.39. The third kappa shape index (κ3) is 3.72. The number of methoxy groups -OCH3 is 1. The summed E-state index contributed by atoms with van der Waals surface area (Å²) in [6, 6.07) is 1.90. The Bertz CT molecular complexity index is 917. The second-order valence-corrected chi connectivity index (χ2v) is 7.15. The zero-order valence-corrected chi connectivity index (χ0v) is 16.1. The molecular weight excluding hydrogens is 373 g/mol. The van der Waals surface area contributed by atoms with Crippen LogP contribution in [-0.2, 0) is 36.8 Å². The van der Waals surface area contributed by atoms with Gasteiger partial charge >= 0.3 is 12.1 Å². The van der Waals surface area contributed by atoms with E-state index in [0.29, 0.717) is 0 Å². The summed E-state index contributed by atoms with van der Waals surface area (Å²) in [5.41, 5.74) is 3.44. The maximum Gasteiger partial charge on any atom is 0.433 e. The number of aromatic nitrogens is 2. The Hall–Kier alpha value is -2.51. The molecule has 2 aromatic rings. The average Bonchev–Trinajstić information content (AvgIpc) is 3.18. The van der Waals surface area contributed by atoms with Crippen LogP contribution in [0.4, 0.5) is 13.2 Å². The molecule has 8 heteroatoms. The normalized spacial score (nSPS) is 13.6. The SMILES string of the molecule is COc1c(C)cc(Cc2c(C)nn(CCC(=O)O)c2C(F)(F)F)c2c1CCC2. The van der Waals surface area contributed by atoms with Crippen LogP contribution in [0.25, 0.3) is 0 Å². The van der Waals surface area contributed by atoms with Crippen molar-refractivity contribution in [3.05, 3.63) is 45.3 Å². The molecule has 0 unspecified atom stereocenters. The van der Waals surface area contributed by atoms with Crippen LogP contribution in [0.15, 0.2) is 6.07 Å². The number of ether oxygens (including phenoxy) is 1. The fraction of sp³-hybridized carbons (Fsp3) is 0.500. The number of carbonyl (C=O) groups is 1. The molecule has 152 valence electrons. The molecule has 1 aromatic heterocycles. The van der Waals surface area contributed by atoms with Gasteiger partial charge in [-0.25, -0.2) is 0 Å². The van der Waals surface area contributed by atoms with Crippen molar-refractivity contribution in [1.29, 1.82) is 0 Å². The van der Waals surface area contributed by atoms with Crippen molar-refractivity contribution in [2.75, 3.05) is 7.11 Å². The molecule has 0 spiro atoms. The van der Waals surface area contributed by atoms with E-state index in [4.69, 9.17) is 9.84 Å². The first-order chi connectivity index (χ1) is 13.1. The van der Waals surface area contributed by atoms with Gasteiger partial charge in [0.15, 0.2) is 0 Å². The minimum atomic E-state index is -4.61. The molecule has 3 rings (SSSR count). The minimum absolute atomic E-state index is 0.108. The molecule has 1 aliphatic rings. The van der Waals surface area contributed by atoms with Crippen molar-refractivity contribution >= 4 is 5.97 Å². The molecule has 28 heavy (non-hydrogen) atoms. The third-order valence-electron chi connectivity index (χ3n) is 5.26. The van der Waals surface area contributed by atoms with Gasteiger partial charge in [-0.1, -0.05) is 6.07 Å².